The van der Waals surface area contributed by atoms with Crippen LogP contribution in [0.3, 0.4) is 0 Å². The van der Waals surface area contributed by atoms with Crippen molar-refractivity contribution in [2.24, 2.45) is 0 Å². The zero-order valence-electron chi connectivity index (χ0n) is 10.5. The average Bonchev–Trinajstić information content (AvgIpc) is 2.72. The van der Waals surface area contributed by atoms with Gasteiger partial charge in [-0.1, -0.05) is 0 Å². The summed E-state index contributed by atoms with van der Waals surface area (Å²) in [5.41, 5.74) is 1.59. The largest absolute Gasteiger partial charge is 0.479 e. The number of carboxylic acids is 1. The van der Waals surface area contributed by atoms with Crippen molar-refractivity contribution in [2.75, 3.05) is 19.0 Å². The fourth-order valence-corrected chi connectivity index (χ4v) is 4.33. The summed E-state index contributed by atoms with van der Waals surface area (Å²) in [6, 6.07) is 0. The Balaban J connectivity index is 2.93. The molecule has 5 nitrogen and oxygen atoms in total. The second-order valence-corrected chi connectivity index (χ2v) is 7.47. The number of rotatable bonds is 3. The zero-order valence-corrected chi connectivity index (χ0v) is 16.8. The summed E-state index contributed by atoms with van der Waals surface area (Å²) in [5, 5.41) is 9.13. The first-order valence-corrected chi connectivity index (χ1v) is 8.59. The predicted molar refractivity (Wildman–Crippen MR) is 91.3 cm³/mol. The molecule has 1 heterocycles. The van der Waals surface area contributed by atoms with E-state index in [9.17, 15) is 4.79 Å². The smallest absolute Gasteiger partial charge is 0.358 e. The Morgan fingerprint density at radius 3 is 2.20 bits per heavy atom. The maximum Gasteiger partial charge on any atom is 0.358 e. The maximum absolute atomic E-state index is 11.1. The van der Waals surface area contributed by atoms with Gasteiger partial charge in [-0.05, 0) is 63.7 Å². The minimum absolute atomic E-state index is 0.132. The summed E-state index contributed by atoms with van der Waals surface area (Å²) in [6.07, 6.45) is 0. The van der Waals surface area contributed by atoms with Crippen molar-refractivity contribution in [3.8, 4) is 0 Å². The highest BCUT2D eigenvalue weighted by Gasteiger charge is 2.27. The Morgan fingerprint density at radius 2 is 1.70 bits per heavy atom. The summed E-state index contributed by atoms with van der Waals surface area (Å²) in [6.45, 7) is -0.132. The maximum atomic E-state index is 11.1. The van der Waals surface area contributed by atoms with Crippen LogP contribution in [0, 0.1) is 0 Å². The molecule has 1 aromatic carbocycles. The summed E-state index contributed by atoms with van der Waals surface area (Å²) in [5.74, 6) is -0.199. The molecule has 0 fully saturated rings. The van der Waals surface area contributed by atoms with Crippen molar-refractivity contribution < 1.29 is 14.5 Å². The third kappa shape index (κ3) is 2.65. The van der Waals surface area contributed by atoms with Crippen LogP contribution in [0.15, 0.2) is 17.9 Å². The van der Waals surface area contributed by atoms with Crippen LogP contribution in [0.1, 0.15) is 0 Å². The number of carbonyl (C=O) groups is 1. The van der Waals surface area contributed by atoms with Crippen molar-refractivity contribution in [3.63, 3.8) is 0 Å². The third-order valence-corrected chi connectivity index (χ3v) is 7.47. The molecule has 0 aliphatic carbocycles. The quantitative estimate of drug-likeness (QED) is 0.358. The molecule has 0 bridgehead atoms. The molecular weight excluding hydrogens is 526 g/mol. The van der Waals surface area contributed by atoms with Crippen LogP contribution in [-0.4, -0.2) is 30.2 Å². The lowest BCUT2D eigenvalue weighted by molar-refractivity contribution is -0.647. The number of hydrogen-bond donors (Lipinski definition) is 2. The van der Waals surface area contributed by atoms with Gasteiger partial charge in [0.15, 0.2) is 17.6 Å². The van der Waals surface area contributed by atoms with Gasteiger partial charge in [-0.3, -0.25) is 4.90 Å². The predicted octanol–water partition coefficient (Wildman–Crippen LogP) is 3.66. The number of carboxylic acid groups (broad SMARTS) is 1. The molecule has 2 N–H and O–H groups in total. The van der Waals surface area contributed by atoms with Gasteiger partial charge in [-0.25, -0.2) is 14.3 Å². The summed E-state index contributed by atoms with van der Waals surface area (Å²) < 4.78 is 5.00. The Morgan fingerprint density at radius 1 is 1.15 bits per heavy atom. The summed E-state index contributed by atoms with van der Waals surface area (Å²) in [7, 11) is 3.71. The van der Waals surface area contributed by atoms with E-state index < -0.39 is 5.97 Å². The topological polar surface area (TPSA) is 60.2 Å². The van der Waals surface area contributed by atoms with Crippen molar-refractivity contribution in [1.82, 2.24) is 4.98 Å². The van der Waals surface area contributed by atoms with Gasteiger partial charge in [0.25, 0.3) is 0 Å². The molecule has 0 aliphatic rings. The first-order valence-electron chi connectivity index (χ1n) is 5.42. The third-order valence-electron chi connectivity index (χ3n) is 2.72. The standard InChI is InChI=1S/C11H9Br4N3O2/c1-17(2)11-16-9-7(14)5(12)6(13)8(15)10(9)18(11)3-4(19)20/h3H2,1-2H3,(H,19,20)/p+1. The molecule has 9 heteroatoms. The number of halogens is 4. The van der Waals surface area contributed by atoms with Gasteiger partial charge in [-0.2, -0.15) is 0 Å². The van der Waals surface area contributed by atoms with Crippen molar-refractivity contribution >= 4 is 86.7 Å². The van der Waals surface area contributed by atoms with Crippen LogP contribution in [0.25, 0.3) is 11.0 Å². The molecule has 108 valence electrons. The first kappa shape index (κ1) is 16.3. The van der Waals surface area contributed by atoms with Crippen LogP contribution < -0.4 is 9.47 Å². The Hall–Kier alpha value is -0.120. The molecule has 2 aromatic rings. The molecule has 0 unspecified atom stereocenters. The number of aliphatic carboxylic acids is 1. The van der Waals surface area contributed by atoms with Crippen LogP contribution in [0.2, 0.25) is 0 Å². The van der Waals surface area contributed by atoms with Gasteiger partial charge in [0.1, 0.15) is 0 Å². The number of fused-ring (bicyclic) bond motifs is 1. The lowest BCUT2D eigenvalue weighted by Crippen LogP contribution is -2.42. The van der Waals surface area contributed by atoms with Gasteiger partial charge in [0.2, 0.25) is 0 Å². The molecule has 1 aromatic heterocycles. The van der Waals surface area contributed by atoms with E-state index in [1.807, 2.05) is 19.0 Å². The second-order valence-electron chi connectivity index (χ2n) is 4.30. The molecule has 0 aliphatic heterocycles. The van der Waals surface area contributed by atoms with Gasteiger partial charge >= 0.3 is 11.9 Å². The SMILES string of the molecule is CN(C)c1[nH]c2c(Br)c(Br)c(Br)c(Br)c2[n+]1CC(=O)O. The molecule has 0 saturated heterocycles. The van der Waals surface area contributed by atoms with E-state index in [0.29, 0.717) is 5.95 Å². The minimum atomic E-state index is -0.902. The molecule has 2 rings (SSSR count). The Labute approximate surface area is 148 Å². The van der Waals surface area contributed by atoms with Gasteiger partial charge in [-0.15, -0.1) is 0 Å². The Bertz CT molecular complexity index is 712. The van der Waals surface area contributed by atoms with E-state index in [1.54, 1.807) is 4.57 Å². The average molecular weight is 536 g/mol. The highest BCUT2D eigenvalue weighted by Crippen LogP contribution is 2.42. The zero-order chi connectivity index (χ0) is 15.2. The number of nitrogens with one attached hydrogen (secondary N) is 1. The number of hydrogen-bond acceptors (Lipinski definition) is 2. The molecule has 0 atom stereocenters. The van der Waals surface area contributed by atoms with Gasteiger partial charge in [0, 0.05) is 0 Å². The fourth-order valence-electron chi connectivity index (χ4n) is 1.92. The highest BCUT2D eigenvalue weighted by atomic mass is 79.9. The number of imidazole rings is 1. The number of aromatic nitrogens is 2. The van der Waals surface area contributed by atoms with Crippen LogP contribution in [-0.2, 0) is 11.3 Å². The molecule has 0 amide bonds. The number of nitrogens with zero attached hydrogens (tertiary/aromatic N) is 2. The van der Waals surface area contributed by atoms with E-state index in [2.05, 4.69) is 68.7 Å². The lowest BCUT2D eigenvalue weighted by atomic mass is 10.3. The van der Waals surface area contributed by atoms with E-state index in [0.717, 1.165) is 28.9 Å². The molecule has 0 saturated carbocycles. The van der Waals surface area contributed by atoms with Crippen LogP contribution in [0.4, 0.5) is 5.95 Å². The van der Waals surface area contributed by atoms with Crippen LogP contribution in [0.5, 0.6) is 0 Å². The van der Waals surface area contributed by atoms with E-state index in [1.165, 1.54) is 0 Å². The summed E-state index contributed by atoms with van der Waals surface area (Å²) in [4.78, 5) is 16.2. The lowest BCUT2D eigenvalue weighted by Gasteiger charge is -2.07. The molecule has 0 spiro atoms. The fraction of sp³-hybridized carbons (Fsp3) is 0.273. The normalized spacial score (nSPS) is 11.1. The number of aromatic amines is 1. The number of anilines is 1. The van der Waals surface area contributed by atoms with Crippen molar-refractivity contribution in [1.29, 1.82) is 0 Å². The minimum Gasteiger partial charge on any atom is -0.479 e. The molecule has 20 heavy (non-hydrogen) atoms. The molecule has 0 radical (unpaired) electrons. The monoisotopic (exact) mass is 532 g/mol. The molecular formula is C11H10Br4N3O2+. The highest BCUT2D eigenvalue weighted by molar-refractivity contribution is 9.15. The Kier molecular flexibility index (Phi) is 4.83. The number of H-pyrrole nitrogens is 1. The van der Waals surface area contributed by atoms with Crippen LogP contribution >= 0.6 is 63.7 Å². The second kappa shape index (κ2) is 5.94. The van der Waals surface area contributed by atoms with Crippen molar-refractivity contribution in [3.05, 3.63) is 17.9 Å². The van der Waals surface area contributed by atoms with Crippen molar-refractivity contribution in [2.45, 2.75) is 6.54 Å². The van der Waals surface area contributed by atoms with E-state index in [4.69, 9.17) is 5.11 Å². The first-order chi connectivity index (χ1) is 9.25. The number of benzene rings is 1. The van der Waals surface area contributed by atoms with E-state index >= 15 is 0 Å². The summed E-state index contributed by atoms with van der Waals surface area (Å²) >= 11 is 14.0. The van der Waals surface area contributed by atoms with E-state index in [-0.39, 0.29) is 6.54 Å². The van der Waals surface area contributed by atoms with Gasteiger partial charge < -0.3 is 5.11 Å². The van der Waals surface area contributed by atoms with Gasteiger partial charge in [0.05, 0.1) is 32.0 Å².